The van der Waals surface area contributed by atoms with Crippen molar-refractivity contribution in [3.05, 3.63) is 65.5 Å². The summed E-state index contributed by atoms with van der Waals surface area (Å²) in [5.41, 5.74) is 1.89. The Labute approximate surface area is 123 Å². The molecule has 0 aliphatic heterocycles. The van der Waals surface area contributed by atoms with Gasteiger partial charge in [-0.3, -0.25) is 0 Å². The minimum atomic E-state index is -0.162. The van der Waals surface area contributed by atoms with E-state index in [9.17, 15) is 4.39 Å². The summed E-state index contributed by atoms with van der Waals surface area (Å²) in [5, 5.41) is 8.92. The highest BCUT2D eigenvalue weighted by atomic mass is 19.1. The summed E-state index contributed by atoms with van der Waals surface area (Å²) in [5.74, 6) is 0.206. The second-order valence-electron chi connectivity index (χ2n) is 3.59. The van der Waals surface area contributed by atoms with Gasteiger partial charge in [0.05, 0.1) is 0 Å². The van der Waals surface area contributed by atoms with E-state index in [2.05, 4.69) is 0 Å². The molecule has 2 aromatic carbocycles. The van der Waals surface area contributed by atoms with Crippen LogP contribution in [0.5, 0.6) is 5.75 Å². The zero-order chi connectivity index (χ0) is 16.0. The fourth-order valence-electron chi connectivity index (χ4n) is 1.17. The summed E-state index contributed by atoms with van der Waals surface area (Å²) in [6, 6.07) is 13.8. The van der Waals surface area contributed by atoms with Gasteiger partial charge in [0, 0.05) is 0 Å². The normalized spacial score (nSPS) is 7.95. The van der Waals surface area contributed by atoms with E-state index in [1.54, 1.807) is 12.1 Å². The van der Waals surface area contributed by atoms with Crippen LogP contribution in [0.15, 0.2) is 48.5 Å². The van der Waals surface area contributed by atoms with Crippen LogP contribution in [0.3, 0.4) is 0 Å². The molecule has 0 saturated carbocycles. The Morgan fingerprint density at radius 3 is 1.65 bits per heavy atom. The van der Waals surface area contributed by atoms with Crippen LogP contribution in [0.2, 0.25) is 0 Å². The van der Waals surface area contributed by atoms with Gasteiger partial charge in [-0.2, -0.15) is 0 Å². The Balaban J connectivity index is 0. The third kappa shape index (κ3) is 10.1. The standard InChI is InChI=1S/C7H7F.C7H8O.2C2H6/c1-6-3-2-4-7(8)5-6;1-6-4-2-3-5-7(6)8;2*1-2/h2-5H,1H3;2-5,8H,1H3;2*1-2H3. The molecule has 2 aromatic rings. The third-order valence-electron chi connectivity index (χ3n) is 2.10. The van der Waals surface area contributed by atoms with Gasteiger partial charge in [-0.05, 0) is 43.2 Å². The first kappa shape index (κ1) is 20.5. The molecule has 0 saturated heterocycles. The number of rotatable bonds is 0. The van der Waals surface area contributed by atoms with Crippen LogP contribution < -0.4 is 0 Å². The average molecular weight is 278 g/mol. The molecule has 0 heterocycles. The van der Waals surface area contributed by atoms with Gasteiger partial charge >= 0.3 is 0 Å². The van der Waals surface area contributed by atoms with E-state index in [0.717, 1.165) is 11.1 Å². The lowest BCUT2D eigenvalue weighted by molar-refractivity contribution is 0.471. The number of halogens is 1. The molecular weight excluding hydrogens is 251 g/mol. The maximum Gasteiger partial charge on any atom is 0.123 e. The van der Waals surface area contributed by atoms with Gasteiger partial charge in [0.1, 0.15) is 11.6 Å². The van der Waals surface area contributed by atoms with Gasteiger partial charge in [0.2, 0.25) is 0 Å². The van der Waals surface area contributed by atoms with Gasteiger partial charge in [-0.15, -0.1) is 0 Å². The lowest BCUT2D eigenvalue weighted by Crippen LogP contribution is -1.72. The molecule has 2 heteroatoms. The summed E-state index contributed by atoms with van der Waals surface area (Å²) < 4.78 is 12.2. The molecule has 0 radical (unpaired) electrons. The number of aryl methyl sites for hydroxylation is 2. The van der Waals surface area contributed by atoms with Crippen molar-refractivity contribution in [3.8, 4) is 5.75 Å². The van der Waals surface area contributed by atoms with Crippen LogP contribution >= 0.6 is 0 Å². The molecule has 0 fully saturated rings. The second kappa shape index (κ2) is 13.6. The summed E-state index contributed by atoms with van der Waals surface area (Å²) in [6.45, 7) is 11.7. The summed E-state index contributed by atoms with van der Waals surface area (Å²) in [4.78, 5) is 0. The number of aromatic hydroxyl groups is 1. The van der Waals surface area contributed by atoms with Crippen LogP contribution in [0.1, 0.15) is 38.8 Å². The van der Waals surface area contributed by atoms with Crippen molar-refractivity contribution in [3.63, 3.8) is 0 Å². The molecule has 0 amide bonds. The van der Waals surface area contributed by atoms with E-state index in [1.807, 2.05) is 65.8 Å². The van der Waals surface area contributed by atoms with E-state index >= 15 is 0 Å². The largest absolute Gasteiger partial charge is 0.508 e. The maximum atomic E-state index is 12.2. The molecule has 0 aromatic heterocycles. The predicted molar refractivity (Wildman–Crippen MR) is 86.7 cm³/mol. The van der Waals surface area contributed by atoms with Gasteiger partial charge in [-0.25, -0.2) is 4.39 Å². The topological polar surface area (TPSA) is 20.2 Å². The number of phenols is 1. The number of phenolic OH excluding ortho intramolecular Hbond substituents is 1. The molecule has 1 N–H and O–H groups in total. The van der Waals surface area contributed by atoms with E-state index in [1.165, 1.54) is 12.1 Å². The van der Waals surface area contributed by atoms with Crippen LogP contribution in [0, 0.1) is 19.7 Å². The van der Waals surface area contributed by atoms with Crippen molar-refractivity contribution in [1.82, 2.24) is 0 Å². The Morgan fingerprint density at radius 2 is 1.35 bits per heavy atom. The molecule has 0 unspecified atom stereocenters. The Morgan fingerprint density at radius 1 is 0.800 bits per heavy atom. The molecule has 20 heavy (non-hydrogen) atoms. The first-order chi connectivity index (χ1) is 9.59. The molecule has 0 aliphatic carbocycles. The van der Waals surface area contributed by atoms with Crippen molar-refractivity contribution in [2.24, 2.45) is 0 Å². The average Bonchev–Trinajstić information content (AvgIpc) is 2.47. The Kier molecular flexibility index (Phi) is 13.9. The molecular formula is C18H27FO. The minimum Gasteiger partial charge on any atom is -0.508 e. The maximum absolute atomic E-state index is 12.2. The van der Waals surface area contributed by atoms with E-state index in [0.29, 0.717) is 5.75 Å². The predicted octanol–water partition coefficient (Wildman–Crippen LogP) is 5.89. The SMILES string of the molecule is CC.CC.Cc1cccc(F)c1.Cc1ccccc1O. The first-order valence-electron chi connectivity index (χ1n) is 7.06. The number of para-hydroxylation sites is 1. The fraction of sp³-hybridized carbons (Fsp3) is 0.333. The molecule has 112 valence electrons. The Hall–Kier alpha value is -1.83. The number of hydrogen-bond donors (Lipinski definition) is 1. The summed E-state index contributed by atoms with van der Waals surface area (Å²) in [7, 11) is 0. The zero-order valence-electron chi connectivity index (χ0n) is 13.4. The van der Waals surface area contributed by atoms with Crippen molar-refractivity contribution >= 4 is 0 Å². The highest BCUT2D eigenvalue weighted by Gasteiger charge is 1.87. The van der Waals surface area contributed by atoms with Gasteiger partial charge < -0.3 is 5.11 Å². The van der Waals surface area contributed by atoms with Gasteiger partial charge in [-0.1, -0.05) is 58.0 Å². The summed E-state index contributed by atoms with van der Waals surface area (Å²) >= 11 is 0. The van der Waals surface area contributed by atoms with Crippen molar-refractivity contribution in [2.75, 3.05) is 0 Å². The minimum absolute atomic E-state index is 0.162. The van der Waals surface area contributed by atoms with Gasteiger partial charge in [0.25, 0.3) is 0 Å². The number of benzene rings is 2. The quantitative estimate of drug-likeness (QED) is 0.637. The molecule has 2 rings (SSSR count). The second-order valence-corrected chi connectivity index (χ2v) is 3.59. The van der Waals surface area contributed by atoms with Crippen LogP contribution in [-0.2, 0) is 0 Å². The molecule has 0 atom stereocenters. The van der Waals surface area contributed by atoms with Crippen molar-refractivity contribution in [1.29, 1.82) is 0 Å². The lowest BCUT2D eigenvalue weighted by atomic mass is 10.2. The Bertz CT molecular complexity index is 414. The van der Waals surface area contributed by atoms with E-state index in [-0.39, 0.29) is 5.82 Å². The van der Waals surface area contributed by atoms with Crippen LogP contribution in [0.25, 0.3) is 0 Å². The van der Waals surface area contributed by atoms with Crippen LogP contribution in [-0.4, -0.2) is 5.11 Å². The van der Waals surface area contributed by atoms with Gasteiger partial charge in [0.15, 0.2) is 0 Å². The molecule has 0 spiro atoms. The smallest absolute Gasteiger partial charge is 0.123 e. The lowest BCUT2D eigenvalue weighted by Gasteiger charge is -1.92. The highest BCUT2D eigenvalue weighted by molar-refractivity contribution is 5.29. The van der Waals surface area contributed by atoms with Crippen molar-refractivity contribution < 1.29 is 9.50 Å². The third-order valence-corrected chi connectivity index (χ3v) is 2.10. The van der Waals surface area contributed by atoms with Crippen molar-refractivity contribution in [2.45, 2.75) is 41.5 Å². The summed E-state index contributed by atoms with van der Waals surface area (Å²) in [6.07, 6.45) is 0. The highest BCUT2D eigenvalue weighted by Crippen LogP contribution is 2.12. The monoisotopic (exact) mass is 278 g/mol. The van der Waals surface area contributed by atoms with E-state index in [4.69, 9.17) is 5.11 Å². The first-order valence-corrected chi connectivity index (χ1v) is 7.06. The number of hydrogen-bond acceptors (Lipinski definition) is 1. The molecule has 1 nitrogen and oxygen atoms in total. The fourth-order valence-corrected chi connectivity index (χ4v) is 1.17. The molecule has 0 bridgehead atoms. The van der Waals surface area contributed by atoms with E-state index < -0.39 is 0 Å². The van der Waals surface area contributed by atoms with Crippen LogP contribution in [0.4, 0.5) is 4.39 Å². The zero-order valence-corrected chi connectivity index (χ0v) is 13.4. The molecule has 0 aliphatic rings.